The number of hydrogen-bond acceptors (Lipinski definition) is 4. The number of halogens is 2. The normalized spacial score (nSPS) is 9.95. The van der Waals surface area contributed by atoms with Crippen LogP contribution < -0.4 is 4.74 Å². The lowest BCUT2D eigenvalue weighted by Gasteiger charge is -2.09. The molecule has 0 saturated carbocycles. The minimum atomic E-state index is -0.617. The molecule has 0 atom stereocenters. The molecule has 0 radical (unpaired) electrons. The van der Waals surface area contributed by atoms with E-state index in [4.69, 9.17) is 10.00 Å². The molecule has 7 heteroatoms. The summed E-state index contributed by atoms with van der Waals surface area (Å²) in [6, 6.07) is 10.2. The van der Waals surface area contributed by atoms with Crippen molar-refractivity contribution in [3.8, 4) is 11.8 Å². The van der Waals surface area contributed by atoms with E-state index in [1.54, 1.807) is 12.1 Å². The molecule has 0 N–H and O–H groups in total. The average Bonchev–Trinajstić information content (AvgIpc) is 2.47. The molecular formula is C14H8BrFN2O3. The zero-order chi connectivity index (χ0) is 15.4. The van der Waals surface area contributed by atoms with Gasteiger partial charge in [-0.2, -0.15) is 5.26 Å². The first-order valence-corrected chi connectivity index (χ1v) is 6.56. The number of rotatable bonds is 4. The topological polar surface area (TPSA) is 76.2 Å². The van der Waals surface area contributed by atoms with Crippen LogP contribution in [0.3, 0.4) is 0 Å². The third-order valence-corrected chi connectivity index (χ3v) is 3.30. The molecule has 0 aliphatic rings. The van der Waals surface area contributed by atoms with E-state index in [0.717, 1.165) is 6.07 Å². The minimum Gasteiger partial charge on any atom is -0.481 e. The summed E-state index contributed by atoms with van der Waals surface area (Å²) < 4.78 is 19.1. The predicted molar refractivity (Wildman–Crippen MR) is 76.2 cm³/mol. The predicted octanol–water partition coefficient (Wildman–Crippen LogP) is 3.95. The molecule has 5 nitrogen and oxygen atoms in total. The third-order valence-electron chi connectivity index (χ3n) is 2.68. The van der Waals surface area contributed by atoms with Gasteiger partial charge in [0.25, 0.3) is 0 Å². The number of benzene rings is 2. The maximum Gasteiger partial charge on any atom is 0.312 e. The highest BCUT2D eigenvalue weighted by Crippen LogP contribution is 2.35. The number of nitro groups is 1. The first-order chi connectivity index (χ1) is 10.0. The second-order valence-electron chi connectivity index (χ2n) is 4.06. The smallest absolute Gasteiger partial charge is 0.312 e. The Morgan fingerprint density at radius 3 is 2.81 bits per heavy atom. The van der Waals surface area contributed by atoms with Crippen LogP contribution >= 0.6 is 15.9 Å². The Morgan fingerprint density at radius 2 is 2.14 bits per heavy atom. The molecule has 0 saturated heterocycles. The van der Waals surface area contributed by atoms with Gasteiger partial charge in [-0.25, -0.2) is 4.39 Å². The van der Waals surface area contributed by atoms with E-state index in [2.05, 4.69) is 15.9 Å². The van der Waals surface area contributed by atoms with Gasteiger partial charge in [-0.15, -0.1) is 0 Å². The van der Waals surface area contributed by atoms with E-state index in [-0.39, 0.29) is 23.6 Å². The molecule has 2 aromatic rings. The zero-order valence-electron chi connectivity index (χ0n) is 10.5. The van der Waals surface area contributed by atoms with Gasteiger partial charge in [0.1, 0.15) is 18.5 Å². The summed E-state index contributed by atoms with van der Waals surface area (Å²) in [5.41, 5.74) is 0.266. The second kappa shape index (κ2) is 6.33. The summed E-state index contributed by atoms with van der Waals surface area (Å²) in [6.07, 6.45) is 0. The van der Waals surface area contributed by atoms with Crippen molar-refractivity contribution in [2.45, 2.75) is 6.61 Å². The lowest BCUT2D eigenvalue weighted by molar-refractivity contribution is -0.386. The van der Waals surface area contributed by atoms with E-state index >= 15 is 0 Å². The summed E-state index contributed by atoms with van der Waals surface area (Å²) in [7, 11) is 0. The molecule has 0 bridgehead atoms. The van der Waals surface area contributed by atoms with Gasteiger partial charge in [0.2, 0.25) is 5.75 Å². The summed E-state index contributed by atoms with van der Waals surface area (Å²) in [6.45, 7) is -0.0155. The Kier molecular flexibility index (Phi) is 4.50. The first kappa shape index (κ1) is 14.9. The van der Waals surface area contributed by atoms with E-state index in [1.165, 1.54) is 24.3 Å². The van der Waals surface area contributed by atoms with Gasteiger partial charge in [0, 0.05) is 6.07 Å². The highest BCUT2D eigenvalue weighted by molar-refractivity contribution is 9.10. The number of hydrogen-bond donors (Lipinski definition) is 0. The Labute approximate surface area is 127 Å². The summed E-state index contributed by atoms with van der Waals surface area (Å²) in [4.78, 5) is 10.4. The van der Waals surface area contributed by atoms with Crippen LogP contribution in [0.5, 0.6) is 5.75 Å². The van der Waals surface area contributed by atoms with Crippen molar-refractivity contribution < 1.29 is 14.1 Å². The van der Waals surface area contributed by atoms with Crippen molar-refractivity contribution in [1.29, 1.82) is 5.26 Å². The molecule has 0 heterocycles. The van der Waals surface area contributed by atoms with Gasteiger partial charge in [-0.1, -0.05) is 12.1 Å². The molecule has 0 aliphatic carbocycles. The van der Waals surface area contributed by atoms with Crippen LogP contribution in [0.25, 0.3) is 0 Å². The SMILES string of the molecule is N#Cc1cc(COc2c(Br)cccc2[N+](=O)[O-])ccc1F. The monoisotopic (exact) mass is 350 g/mol. The number of nitriles is 1. The lowest BCUT2D eigenvalue weighted by Crippen LogP contribution is -2.00. The van der Waals surface area contributed by atoms with Crippen LogP contribution in [0.2, 0.25) is 0 Å². The summed E-state index contributed by atoms with van der Waals surface area (Å²) in [5, 5.41) is 19.7. The first-order valence-electron chi connectivity index (χ1n) is 5.77. The minimum absolute atomic E-state index is 0.0155. The lowest BCUT2D eigenvalue weighted by atomic mass is 10.1. The van der Waals surface area contributed by atoms with Gasteiger partial charge in [0.05, 0.1) is 15.0 Å². The van der Waals surface area contributed by atoms with Crippen molar-refractivity contribution in [3.05, 3.63) is 67.9 Å². The van der Waals surface area contributed by atoms with Crippen molar-refractivity contribution in [2.24, 2.45) is 0 Å². The maximum atomic E-state index is 13.2. The molecule has 0 amide bonds. The fourth-order valence-electron chi connectivity index (χ4n) is 1.69. The molecule has 0 spiro atoms. The Balaban J connectivity index is 2.25. The zero-order valence-corrected chi connectivity index (χ0v) is 12.1. The van der Waals surface area contributed by atoms with Crippen LogP contribution in [-0.4, -0.2) is 4.92 Å². The van der Waals surface area contributed by atoms with Crippen LogP contribution in [0, 0.1) is 27.3 Å². The number of nitrogens with zero attached hydrogens (tertiary/aromatic N) is 2. The molecule has 0 unspecified atom stereocenters. The fraction of sp³-hybridized carbons (Fsp3) is 0.0714. The summed E-state index contributed by atoms with van der Waals surface area (Å²) >= 11 is 3.19. The van der Waals surface area contributed by atoms with Gasteiger partial charge in [-0.3, -0.25) is 10.1 Å². The van der Waals surface area contributed by atoms with E-state index in [1.807, 2.05) is 0 Å². The highest BCUT2D eigenvalue weighted by atomic mass is 79.9. The van der Waals surface area contributed by atoms with E-state index in [9.17, 15) is 14.5 Å². The average molecular weight is 351 g/mol. The number of ether oxygens (including phenoxy) is 1. The second-order valence-corrected chi connectivity index (χ2v) is 4.91. The van der Waals surface area contributed by atoms with Gasteiger partial charge >= 0.3 is 5.69 Å². The van der Waals surface area contributed by atoms with Crippen LogP contribution in [-0.2, 0) is 6.61 Å². The quantitative estimate of drug-likeness (QED) is 0.617. The molecule has 106 valence electrons. The van der Waals surface area contributed by atoms with Crippen LogP contribution in [0.1, 0.15) is 11.1 Å². The van der Waals surface area contributed by atoms with E-state index in [0.29, 0.717) is 10.0 Å². The molecule has 0 aliphatic heterocycles. The third kappa shape index (κ3) is 3.35. The van der Waals surface area contributed by atoms with Gasteiger partial charge in [-0.05, 0) is 39.7 Å². The Hall–Kier alpha value is -2.46. The largest absolute Gasteiger partial charge is 0.481 e. The fourth-order valence-corrected chi connectivity index (χ4v) is 2.16. The molecule has 2 rings (SSSR count). The van der Waals surface area contributed by atoms with Crippen LogP contribution in [0.15, 0.2) is 40.9 Å². The molecule has 0 fully saturated rings. The highest BCUT2D eigenvalue weighted by Gasteiger charge is 2.18. The molecule has 0 aromatic heterocycles. The standard InChI is InChI=1S/C14H8BrFN2O3/c15-11-2-1-3-13(18(19)20)14(11)21-8-9-4-5-12(16)10(6-9)7-17/h1-6H,8H2. The van der Waals surface area contributed by atoms with Crippen molar-refractivity contribution in [3.63, 3.8) is 0 Å². The van der Waals surface area contributed by atoms with E-state index < -0.39 is 10.7 Å². The summed E-state index contributed by atoms with van der Waals surface area (Å²) in [5.74, 6) is -0.529. The number of para-hydroxylation sites is 1. The molecule has 21 heavy (non-hydrogen) atoms. The molecule has 2 aromatic carbocycles. The van der Waals surface area contributed by atoms with Crippen molar-refractivity contribution >= 4 is 21.6 Å². The Morgan fingerprint density at radius 1 is 1.38 bits per heavy atom. The number of nitro benzene ring substituents is 1. The van der Waals surface area contributed by atoms with Crippen molar-refractivity contribution in [2.75, 3.05) is 0 Å². The Bertz CT molecular complexity index is 743. The maximum absolute atomic E-state index is 13.2. The molecular weight excluding hydrogens is 343 g/mol. The van der Waals surface area contributed by atoms with Crippen LogP contribution in [0.4, 0.5) is 10.1 Å². The van der Waals surface area contributed by atoms with Gasteiger partial charge in [0.15, 0.2) is 0 Å². The van der Waals surface area contributed by atoms with Gasteiger partial charge < -0.3 is 4.74 Å². The van der Waals surface area contributed by atoms with Crippen molar-refractivity contribution in [1.82, 2.24) is 0 Å².